The molecule has 0 aliphatic carbocycles. The topological polar surface area (TPSA) is 72.5 Å². The maximum absolute atomic E-state index is 11.8. The van der Waals surface area contributed by atoms with Gasteiger partial charge in [-0.25, -0.2) is 13.1 Å². The molecule has 1 aromatic rings. The lowest BCUT2D eigenvalue weighted by molar-refractivity contribution is -0.119. The first-order valence-corrected chi connectivity index (χ1v) is 7.76. The van der Waals surface area contributed by atoms with Crippen LogP contribution in [0.2, 0.25) is 0 Å². The Morgan fingerprint density at radius 3 is 2.37 bits per heavy atom. The summed E-state index contributed by atoms with van der Waals surface area (Å²) in [5.41, 5.74) is 0. The predicted molar refractivity (Wildman–Crippen MR) is 72.5 cm³/mol. The number of nitrogens with one attached hydrogen (secondary N) is 1. The summed E-state index contributed by atoms with van der Waals surface area (Å²) in [5.74, 6) is 0.0949. The smallest absolute Gasteiger partial charge is 0.264 e. The minimum atomic E-state index is -3.77. The molecular weight excluding hydrogens is 266 g/mol. The summed E-state index contributed by atoms with van der Waals surface area (Å²) in [5, 5.41) is 0. The molecule has 19 heavy (non-hydrogen) atoms. The van der Waals surface area contributed by atoms with Crippen molar-refractivity contribution in [2.24, 2.45) is 0 Å². The Bertz CT molecular complexity index is 508. The maximum Gasteiger partial charge on any atom is 0.264 e. The molecule has 0 aromatic heterocycles. The van der Waals surface area contributed by atoms with Crippen molar-refractivity contribution in [3.8, 4) is 5.75 Å². The number of hydrogen-bond donors (Lipinski definition) is 1. The van der Waals surface area contributed by atoms with Crippen LogP contribution in [0.25, 0.3) is 0 Å². The van der Waals surface area contributed by atoms with Crippen LogP contribution in [0.3, 0.4) is 0 Å². The normalized spacial score (nSPS) is 11.1. The summed E-state index contributed by atoms with van der Waals surface area (Å²) < 4.78 is 31.0. The van der Waals surface area contributed by atoms with Crippen molar-refractivity contribution in [3.63, 3.8) is 0 Å². The largest absolute Gasteiger partial charge is 0.494 e. The highest BCUT2D eigenvalue weighted by atomic mass is 32.2. The lowest BCUT2D eigenvalue weighted by atomic mass is 10.3. The number of hydrogen-bond acceptors (Lipinski definition) is 4. The van der Waals surface area contributed by atoms with E-state index in [4.69, 9.17) is 4.74 Å². The van der Waals surface area contributed by atoms with Crippen LogP contribution in [-0.2, 0) is 14.8 Å². The third-order valence-electron chi connectivity index (χ3n) is 2.47. The van der Waals surface area contributed by atoms with E-state index < -0.39 is 15.9 Å². The Balaban J connectivity index is 2.72. The molecule has 106 valence electrons. The van der Waals surface area contributed by atoms with Gasteiger partial charge >= 0.3 is 0 Å². The van der Waals surface area contributed by atoms with Crippen LogP contribution in [0.1, 0.15) is 33.1 Å². The zero-order valence-corrected chi connectivity index (χ0v) is 12.0. The number of unbranched alkanes of at least 4 members (excludes halogenated alkanes) is 1. The summed E-state index contributed by atoms with van der Waals surface area (Å²) in [7, 11) is -3.77. The number of carbonyl (C=O) groups is 1. The van der Waals surface area contributed by atoms with Gasteiger partial charge in [0.05, 0.1) is 11.5 Å². The van der Waals surface area contributed by atoms with E-state index in [1.807, 2.05) is 4.72 Å². The van der Waals surface area contributed by atoms with Crippen LogP contribution in [0.4, 0.5) is 0 Å². The van der Waals surface area contributed by atoms with Gasteiger partial charge in [0.25, 0.3) is 10.0 Å². The fourth-order valence-corrected chi connectivity index (χ4v) is 2.39. The molecule has 6 heteroatoms. The molecule has 0 aliphatic heterocycles. The zero-order chi connectivity index (χ0) is 14.3. The number of ether oxygens (including phenoxy) is 1. The van der Waals surface area contributed by atoms with Crippen molar-refractivity contribution >= 4 is 15.9 Å². The molecule has 0 radical (unpaired) electrons. The molecule has 0 heterocycles. The van der Waals surface area contributed by atoms with Crippen molar-refractivity contribution in [1.29, 1.82) is 0 Å². The Hall–Kier alpha value is -1.56. The highest BCUT2D eigenvalue weighted by molar-refractivity contribution is 7.90. The van der Waals surface area contributed by atoms with Gasteiger partial charge in [0.2, 0.25) is 5.91 Å². The first-order chi connectivity index (χ1) is 8.99. The molecule has 1 N–H and O–H groups in total. The molecule has 1 rings (SSSR count). The Morgan fingerprint density at radius 2 is 1.84 bits per heavy atom. The molecule has 5 nitrogen and oxygen atoms in total. The van der Waals surface area contributed by atoms with Gasteiger partial charge in [-0.1, -0.05) is 20.3 Å². The number of sulfonamides is 1. The third kappa shape index (κ3) is 4.90. The van der Waals surface area contributed by atoms with E-state index in [0.29, 0.717) is 12.4 Å². The second-order valence-corrected chi connectivity index (χ2v) is 5.74. The highest BCUT2D eigenvalue weighted by Crippen LogP contribution is 2.16. The van der Waals surface area contributed by atoms with E-state index >= 15 is 0 Å². The van der Waals surface area contributed by atoms with Crippen LogP contribution in [-0.4, -0.2) is 20.9 Å². The van der Waals surface area contributed by atoms with E-state index in [2.05, 4.69) is 6.92 Å². The number of benzene rings is 1. The molecule has 0 bridgehead atoms. The Labute approximate surface area is 114 Å². The van der Waals surface area contributed by atoms with Crippen LogP contribution in [0.5, 0.6) is 5.75 Å². The van der Waals surface area contributed by atoms with Gasteiger partial charge in [-0.2, -0.15) is 0 Å². The van der Waals surface area contributed by atoms with Crippen LogP contribution in [0, 0.1) is 0 Å². The Kier molecular flexibility index (Phi) is 5.82. The van der Waals surface area contributed by atoms with Crippen LogP contribution < -0.4 is 9.46 Å². The van der Waals surface area contributed by atoms with Gasteiger partial charge in [-0.05, 0) is 30.7 Å². The van der Waals surface area contributed by atoms with Gasteiger partial charge in [0, 0.05) is 6.42 Å². The maximum atomic E-state index is 11.8. The van der Waals surface area contributed by atoms with Gasteiger partial charge in [-0.15, -0.1) is 0 Å². The molecule has 0 fully saturated rings. The monoisotopic (exact) mass is 285 g/mol. The summed E-state index contributed by atoms with van der Waals surface area (Å²) in [6, 6.07) is 6.01. The van der Waals surface area contributed by atoms with Gasteiger partial charge in [-0.3, -0.25) is 4.79 Å². The molecule has 1 amide bonds. The lowest BCUT2D eigenvalue weighted by Gasteiger charge is -2.08. The first-order valence-electron chi connectivity index (χ1n) is 6.28. The summed E-state index contributed by atoms with van der Waals surface area (Å²) in [6.45, 7) is 4.26. The fourth-order valence-electron chi connectivity index (χ4n) is 1.33. The predicted octanol–water partition coefficient (Wildman–Crippen LogP) is 2.08. The molecule has 0 spiro atoms. The van der Waals surface area contributed by atoms with Gasteiger partial charge < -0.3 is 4.74 Å². The van der Waals surface area contributed by atoms with E-state index in [0.717, 1.165) is 12.8 Å². The van der Waals surface area contributed by atoms with Crippen molar-refractivity contribution in [3.05, 3.63) is 24.3 Å². The van der Waals surface area contributed by atoms with Crippen LogP contribution >= 0.6 is 0 Å². The van der Waals surface area contributed by atoms with Crippen LogP contribution in [0.15, 0.2) is 29.2 Å². The van der Waals surface area contributed by atoms with Crippen molar-refractivity contribution in [1.82, 2.24) is 4.72 Å². The van der Waals surface area contributed by atoms with E-state index in [-0.39, 0.29) is 11.3 Å². The molecular formula is C13H19NO4S. The third-order valence-corrected chi connectivity index (χ3v) is 3.86. The molecule has 0 aliphatic rings. The number of amides is 1. The van der Waals surface area contributed by atoms with E-state index in [1.165, 1.54) is 12.1 Å². The minimum Gasteiger partial charge on any atom is -0.494 e. The highest BCUT2D eigenvalue weighted by Gasteiger charge is 2.16. The molecule has 1 aromatic carbocycles. The second kappa shape index (κ2) is 7.13. The fraction of sp³-hybridized carbons (Fsp3) is 0.462. The van der Waals surface area contributed by atoms with E-state index in [1.54, 1.807) is 19.1 Å². The lowest BCUT2D eigenvalue weighted by Crippen LogP contribution is -2.29. The van der Waals surface area contributed by atoms with Crippen molar-refractivity contribution in [2.45, 2.75) is 38.0 Å². The number of rotatable bonds is 7. The van der Waals surface area contributed by atoms with Gasteiger partial charge in [0.1, 0.15) is 5.75 Å². The standard InChI is InChI=1S/C13H19NO4S/c1-3-5-10-18-11-6-8-12(9-7-11)19(16,17)14-13(15)4-2/h6-9H,3-5,10H2,1-2H3,(H,14,15). The molecule has 0 saturated carbocycles. The number of carbonyl (C=O) groups excluding carboxylic acids is 1. The van der Waals surface area contributed by atoms with Gasteiger partial charge in [0.15, 0.2) is 0 Å². The SMILES string of the molecule is CCCCOc1ccc(S(=O)(=O)NC(=O)CC)cc1. The average Bonchev–Trinajstić information content (AvgIpc) is 2.39. The Morgan fingerprint density at radius 1 is 1.21 bits per heavy atom. The minimum absolute atomic E-state index is 0.0529. The van der Waals surface area contributed by atoms with Crippen molar-refractivity contribution < 1.29 is 17.9 Å². The zero-order valence-electron chi connectivity index (χ0n) is 11.2. The molecule has 0 unspecified atom stereocenters. The quantitative estimate of drug-likeness (QED) is 0.778. The molecule has 0 saturated heterocycles. The first kappa shape index (κ1) is 15.5. The molecule has 0 atom stereocenters. The summed E-state index contributed by atoms with van der Waals surface area (Å²) in [4.78, 5) is 11.2. The summed E-state index contributed by atoms with van der Waals surface area (Å²) >= 11 is 0. The second-order valence-electron chi connectivity index (χ2n) is 4.06. The van der Waals surface area contributed by atoms with Crippen molar-refractivity contribution in [2.75, 3.05) is 6.61 Å². The average molecular weight is 285 g/mol. The van der Waals surface area contributed by atoms with E-state index in [9.17, 15) is 13.2 Å². The summed E-state index contributed by atoms with van der Waals surface area (Å²) in [6.07, 6.45) is 2.11.